The topological polar surface area (TPSA) is 0 Å². The van der Waals surface area contributed by atoms with Gasteiger partial charge in [0.25, 0.3) is 0 Å². The lowest BCUT2D eigenvalue weighted by molar-refractivity contribution is 0.749. The quantitative estimate of drug-likeness (QED) is 0.140. The van der Waals surface area contributed by atoms with E-state index in [1.807, 2.05) is 10.4 Å². The van der Waals surface area contributed by atoms with E-state index in [1.165, 1.54) is 86.5 Å². The molecule has 0 saturated heterocycles. The summed E-state index contributed by atoms with van der Waals surface area (Å²) in [4.78, 5) is 0. The maximum Gasteiger partial charge on any atom is 0.115 e. The molecule has 4 aromatic rings. The second-order valence-electron chi connectivity index (χ2n) is 22.9. The predicted octanol–water partition coefficient (Wildman–Crippen LogP) is 13.2. The van der Waals surface area contributed by atoms with E-state index in [4.69, 9.17) is 0 Å². The molecule has 0 nitrogen and oxygen atoms in total. The third-order valence-corrected chi connectivity index (χ3v) is 29.4. The van der Waals surface area contributed by atoms with Crippen LogP contribution in [0.15, 0.2) is 83.2 Å². The van der Waals surface area contributed by atoms with Gasteiger partial charge in [-0.3, -0.25) is 0 Å². The lowest BCUT2D eigenvalue weighted by atomic mass is 9.97. The fraction of sp³-hybridized carbons (Fsp3) is 0.462. The fourth-order valence-corrected chi connectivity index (χ4v) is 24.0. The highest BCUT2D eigenvalue weighted by atomic mass is 28.3. The number of hydrogen-bond donors (Lipinski definition) is 0. The van der Waals surface area contributed by atoms with Crippen LogP contribution in [0.4, 0.5) is 0 Å². The summed E-state index contributed by atoms with van der Waals surface area (Å²) in [6.07, 6.45) is 19.5. The number of allylic oxidation sites excluding steroid dienone is 2. The normalized spacial score (nSPS) is 18.2. The molecule has 2 saturated carbocycles. The molecular formula is C52H72Si5. The summed E-state index contributed by atoms with van der Waals surface area (Å²) in [5, 5.41) is 10.3. The molecular weight excluding hydrogens is 765 g/mol. The molecule has 0 heterocycles. The predicted molar refractivity (Wildman–Crippen MR) is 269 cm³/mol. The summed E-state index contributed by atoms with van der Waals surface area (Å²) in [7, 11) is -8.14. The van der Waals surface area contributed by atoms with Gasteiger partial charge in [0.15, 0.2) is 0 Å². The summed E-state index contributed by atoms with van der Waals surface area (Å²) in [6, 6.07) is 30.4. The molecule has 57 heavy (non-hydrogen) atoms. The van der Waals surface area contributed by atoms with Gasteiger partial charge in [-0.2, -0.15) is 0 Å². The van der Waals surface area contributed by atoms with E-state index in [1.54, 1.807) is 43.0 Å². The van der Waals surface area contributed by atoms with Gasteiger partial charge in [0, 0.05) is 0 Å². The van der Waals surface area contributed by atoms with E-state index in [0.29, 0.717) is 0 Å². The Bertz CT molecular complexity index is 2020. The van der Waals surface area contributed by atoms with Gasteiger partial charge < -0.3 is 0 Å². The van der Waals surface area contributed by atoms with Crippen molar-refractivity contribution in [2.45, 2.75) is 154 Å². The molecule has 2 fully saturated rings. The van der Waals surface area contributed by atoms with Crippen molar-refractivity contribution in [1.29, 1.82) is 0 Å². The molecule has 8 rings (SSSR count). The standard InChI is InChI=1S/C52H72Si5/c1-53(2,3)43-29-39(30-44(33-43)54(4,5)6)49-25-17-19-37-27-47(35-51(37)49)57(41-21-13-14-22-41,42-23-15-16-24-42)48-28-38-20-18-26-50(52(38)36-48)40-31-45(55(7,8)9)34-46(32-40)56(10,11)12/h17-20,25-26,29-36,41-42H,13-16,21-24,27-28H2,1-12H3. The Labute approximate surface area is 352 Å². The zero-order valence-electron chi connectivity index (χ0n) is 37.8. The minimum absolute atomic E-state index is 0.871. The number of hydrogen-bond acceptors (Lipinski definition) is 0. The first kappa shape index (κ1) is 41.2. The molecule has 4 aromatic carbocycles. The average molecular weight is 838 g/mol. The Morgan fingerprint density at radius 2 is 0.719 bits per heavy atom. The number of fused-ring (bicyclic) bond motifs is 2. The van der Waals surface area contributed by atoms with Crippen molar-refractivity contribution in [2.24, 2.45) is 0 Å². The van der Waals surface area contributed by atoms with Crippen molar-refractivity contribution in [1.82, 2.24) is 0 Å². The zero-order valence-corrected chi connectivity index (χ0v) is 42.8. The van der Waals surface area contributed by atoms with Crippen molar-refractivity contribution >= 4 is 73.3 Å². The minimum Gasteiger partial charge on any atom is -0.0704 e. The molecule has 0 aliphatic heterocycles. The van der Waals surface area contributed by atoms with Crippen LogP contribution in [-0.2, 0) is 12.8 Å². The fourth-order valence-electron chi connectivity index (χ4n) is 11.4. The Morgan fingerprint density at radius 1 is 0.404 bits per heavy atom. The first-order valence-corrected chi connectivity index (χ1v) is 38.9. The lowest BCUT2D eigenvalue weighted by Gasteiger charge is -2.45. The van der Waals surface area contributed by atoms with E-state index in [0.717, 1.165) is 11.1 Å². The molecule has 0 N–H and O–H groups in total. The van der Waals surface area contributed by atoms with Crippen LogP contribution < -0.4 is 20.7 Å². The highest BCUT2D eigenvalue weighted by molar-refractivity contribution is 6.96. The van der Waals surface area contributed by atoms with E-state index < -0.39 is 40.4 Å². The van der Waals surface area contributed by atoms with E-state index >= 15 is 0 Å². The molecule has 300 valence electrons. The van der Waals surface area contributed by atoms with E-state index in [-0.39, 0.29) is 0 Å². The SMILES string of the molecule is C[Si](C)(C)c1cc(-c2cccc3c2C=C([Si](C2=Cc4c(cccc4-c4cc([Si](C)(C)C)cc([Si](C)(C)C)c4)C2)(C2CCCC2)C2CCCC2)C3)cc([Si](C)(C)C)c1. The second kappa shape index (κ2) is 14.9. The molecule has 0 bridgehead atoms. The molecule has 5 heteroatoms. The van der Waals surface area contributed by atoms with Crippen LogP contribution >= 0.6 is 0 Å². The summed E-state index contributed by atoms with van der Waals surface area (Å²) >= 11 is 0. The van der Waals surface area contributed by atoms with Crippen LogP contribution in [0.1, 0.15) is 73.6 Å². The highest BCUT2D eigenvalue weighted by Crippen LogP contribution is 2.60. The highest BCUT2D eigenvalue weighted by Gasteiger charge is 2.55. The average Bonchev–Trinajstić information content (AvgIpc) is 3.98. The number of benzene rings is 4. The smallest absolute Gasteiger partial charge is 0.0704 e. The van der Waals surface area contributed by atoms with Crippen LogP contribution in [0, 0.1) is 0 Å². The van der Waals surface area contributed by atoms with Crippen LogP contribution in [0.25, 0.3) is 34.4 Å². The summed E-state index contributed by atoms with van der Waals surface area (Å²) in [6.45, 7) is 30.4. The van der Waals surface area contributed by atoms with Crippen LogP contribution in [0.5, 0.6) is 0 Å². The monoisotopic (exact) mass is 836 g/mol. The van der Waals surface area contributed by atoms with Crippen molar-refractivity contribution in [3.8, 4) is 22.3 Å². The van der Waals surface area contributed by atoms with Gasteiger partial charge in [0.1, 0.15) is 8.07 Å². The Balaban J connectivity index is 1.31. The van der Waals surface area contributed by atoms with Crippen molar-refractivity contribution < 1.29 is 0 Å². The molecule has 0 unspecified atom stereocenters. The maximum absolute atomic E-state index is 2.85. The Morgan fingerprint density at radius 3 is 1.02 bits per heavy atom. The first-order chi connectivity index (χ1) is 26.7. The van der Waals surface area contributed by atoms with Crippen molar-refractivity contribution in [3.63, 3.8) is 0 Å². The molecule has 0 atom stereocenters. The Hall–Kier alpha value is -2.56. The van der Waals surface area contributed by atoms with Crippen molar-refractivity contribution in [3.05, 3.63) is 105 Å². The van der Waals surface area contributed by atoms with Gasteiger partial charge in [-0.05, 0) is 68.4 Å². The number of rotatable bonds is 10. The molecule has 0 spiro atoms. The minimum atomic E-state index is -2.12. The van der Waals surface area contributed by atoms with Gasteiger partial charge in [-0.1, -0.05) is 246 Å². The summed E-state index contributed by atoms with van der Waals surface area (Å²) in [5.74, 6) is 0. The lowest BCUT2D eigenvalue weighted by Crippen LogP contribution is -2.48. The molecule has 4 aliphatic rings. The molecule has 0 amide bonds. The first-order valence-electron chi connectivity index (χ1n) is 22.7. The third-order valence-electron chi connectivity index (χ3n) is 14.8. The van der Waals surface area contributed by atoms with Crippen LogP contribution in [0.2, 0.25) is 89.6 Å². The summed E-state index contributed by atoms with van der Waals surface area (Å²) < 4.78 is 0. The van der Waals surface area contributed by atoms with Gasteiger partial charge in [-0.25, -0.2) is 0 Å². The maximum atomic E-state index is 2.85. The zero-order chi connectivity index (χ0) is 40.7. The summed E-state index contributed by atoms with van der Waals surface area (Å²) in [5.41, 5.74) is 14.0. The van der Waals surface area contributed by atoms with Gasteiger partial charge in [0.2, 0.25) is 0 Å². The van der Waals surface area contributed by atoms with E-state index in [9.17, 15) is 0 Å². The van der Waals surface area contributed by atoms with Gasteiger partial charge in [0.05, 0.1) is 32.3 Å². The Kier molecular flexibility index (Phi) is 10.7. The van der Waals surface area contributed by atoms with Crippen LogP contribution in [-0.4, -0.2) is 40.4 Å². The van der Waals surface area contributed by atoms with Crippen molar-refractivity contribution in [2.75, 3.05) is 0 Å². The molecule has 4 aliphatic carbocycles. The van der Waals surface area contributed by atoms with Gasteiger partial charge >= 0.3 is 0 Å². The van der Waals surface area contributed by atoms with Crippen LogP contribution in [0.3, 0.4) is 0 Å². The third kappa shape index (κ3) is 7.71. The van der Waals surface area contributed by atoms with E-state index in [2.05, 4.69) is 164 Å². The molecule has 0 aromatic heterocycles. The second-order valence-corrected chi connectivity index (χ2v) is 47.8. The largest absolute Gasteiger partial charge is 0.115 e. The molecule has 0 radical (unpaired) electrons. The van der Waals surface area contributed by atoms with Gasteiger partial charge in [-0.15, -0.1) is 0 Å².